The van der Waals surface area contributed by atoms with Crippen molar-refractivity contribution in [1.29, 1.82) is 0 Å². The number of hydrogen-bond acceptors (Lipinski definition) is 13. The Hall–Kier alpha value is -0.210. The topological polar surface area (TPSA) is 159 Å². The first-order valence-corrected chi connectivity index (χ1v) is 14.3. The summed E-state index contributed by atoms with van der Waals surface area (Å²) in [6.07, 6.45) is 4.72. The summed E-state index contributed by atoms with van der Waals surface area (Å²) >= 11 is 0. The zero-order valence-electron chi connectivity index (χ0n) is 15.7. The standard InChI is InChI=1S/C12H23O13P5/c1-5-9-18-26(13)22-29(16,20-11-7-3)24-28(15)25-30(17,21-12-8-4)23-27(14)19-10-6-2/h5-8,26-28H,1-4,9-12H2. The molecule has 0 bridgehead atoms. The minimum Gasteiger partial charge on any atom is -0.306 e. The quantitative estimate of drug-likeness (QED) is 0.149. The van der Waals surface area contributed by atoms with Gasteiger partial charge in [-0.05, 0) is 0 Å². The van der Waals surface area contributed by atoms with Crippen LogP contribution in [0, 0.1) is 0 Å². The van der Waals surface area contributed by atoms with Gasteiger partial charge in [-0.25, -0.2) is 26.4 Å². The Labute approximate surface area is 176 Å². The Kier molecular flexibility index (Phi) is 16.3. The first-order chi connectivity index (χ1) is 14.1. The van der Waals surface area contributed by atoms with Gasteiger partial charge in [-0.2, -0.15) is 0 Å². The van der Waals surface area contributed by atoms with Crippen LogP contribution in [0.2, 0.25) is 0 Å². The maximum Gasteiger partial charge on any atom is 0.489 e. The van der Waals surface area contributed by atoms with E-state index in [4.69, 9.17) is 9.05 Å². The van der Waals surface area contributed by atoms with Crippen molar-refractivity contribution in [2.24, 2.45) is 0 Å². The van der Waals surface area contributed by atoms with Crippen LogP contribution >= 0.6 is 40.4 Å². The molecule has 0 aliphatic heterocycles. The van der Waals surface area contributed by atoms with Gasteiger partial charge in [0, 0.05) is 0 Å². The van der Waals surface area contributed by atoms with Crippen molar-refractivity contribution in [2.75, 3.05) is 26.4 Å². The van der Waals surface area contributed by atoms with Crippen molar-refractivity contribution >= 4 is 40.4 Å². The van der Waals surface area contributed by atoms with Crippen molar-refractivity contribution in [3.8, 4) is 0 Å². The molecule has 0 aromatic carbocycles. The molecule has 13 nitrogen and oxygen atoms in total. The van der Waals surface area contributed by atoms with Gasteiger partial charge in [0.1, 0.15) is 0 Å². The molecule has 0 N–H and O–H groups in total. The zero-order chi connectivity index (χ0) is 23.0. The summed E-state index contributed by atoms with van der Waals surface area (Å²) in [5.74, 6) is 0. The molecule has 0 aliphatic rings. The lowest BCUT2D eigenvalue weighted by atomic mass is 10.7. The number of rotatable bonds is 20. The highest BCUT2D eigenvalue weighted by molar-refractivity contribution is 7.66. The summed E-state index contributed by atoms with van der Waals surface area (Å²) in [7, 11) is -20.5. The predicted octanol–water partition coefficient (Wildman–Crippen LogP) is 5.25. The monoisotopic (exact) mass is 530 g/mol. The molecule has 174 valence electrons. The second-order valence-corrected chi connectivity index (χ2v) is 11.7. The highest BCUT2D eigenvalue weighted by Crippen LogP contribution is 2.68. The molecule has 30 heavy (non-hydrogen) atoms. The lowest BCUT2D eigenvalue weighted by Crippen LogP contribution is -1.97. The fourth-order valence-corrected chi connectivity index (χ4v) is 7.79. The fourth-order valence-electron chi connectivity index (χ4n) is 1.12. The Morgan fingerprint density at radius 2 is 0.867 bits per heavy atom. The third-order valence-electron chi connectivity index (χ3n) is 2.08. The molecule has 0 fully saturated rings. The largest absolute Gasteiger partial charge is 0.489 e. The van der Waals surface area contributed by atoms with E-state index in [1.165, 1.54) is 12.2 Å². The van der Waals surface area contributed by atoms with E-state index < -0.39 is 53.6 Å². The second-order valence-electron chi connectivity index (χ2n) is 4.38. The molecule has 0 aromatic heterocycles. The Morgan fingerprint density at radius 1 is 0.567 bits per heavy atom. The van der Waals surface area contributed by atoms with Gasteiger partial charge >= 0.3 is 40.4 Å². The lowest BCUT2D eigenvalue weighted by molar-refractivity contribution is 0.197. The van der Waals surface area contributed by atoms with Crippen molar-refractivity contribution in [2.45, 2.75) is 0 Å². The van der Waals surface area contributed by atoms with Crippen molar-refractivity contribution in [3.63, 3.8) is 0 Å². The van der Waals surface area contributed by atoms with Gasteiger partial charge in [-0.15, -0.1) is 26.3 Å². The summed E-state index contributed by atoms with van der Waals surface area (Å²) in [5, 5.41) is 0. The van der Waals surface area contributed by atoms with Crippen LogP contribution in [0.4, 0.5) is 0 Å². The van der Waals surface area contributed by atoms with E-state index in [0.717, 1.165) is 12.2 Å². The molecule has 0 spiro atoms. The highest BCUT2D eigenvalue weighted by atomic mass is 31.3. The van der Waals surface area contributed by atoms with Gasteiger partial charge in [0.2, 0.25) is 0 Å². The molecular formula is C12H23O13P5. The van der Waals surface area contributed by atoms with Crippen LogP contribution in [0.15, 0.2) is 50.6 Å². The average molecular weight is 530 g/mol. The van der Waals surface area contributed by atoms with Crippen molar-refractivity contribution in [3.05, 3.63) is 50.6 Å². The number of hydrogen-bond donors (Lipinski definition) is 0. The first-order valence-electron chi connectivity index (χ1n) is 7.72. The van der Waals surface area contributed by atoms with Crippen LogP contribution in [-0.2, 0) is 58.2 Å². The minimum absolute atomic E-state index is 0.220. The van der Waals surface area contributed by atoms with Crippen LogP contribution in [0.25, 0.3) is 0 Å². The molecule has 0 radical (unpaired) electrons. The van der Waals surface area contributed by atoms with Gasteiger partial charge < -0.3 is 9.05 Å². The molecular weight excluding hydrogens is 507 g/mol. The van der Waals surface area contributed by atoms with Crippen LogP contribution < -0.4 is 0 Å². The summed E-state index contributed by atoms with van der Waals surface area (Å²) in [6.45, 7) is 11.9. The Bertz CT molecular complexity index is 691. The molecule has 0 saturated heterocycles. The third-order valence-corrected chi connectivity index (χ3v) is 9.78. The third kappa shape index (κ3) is 14.0. The van der Waals surface area contributed by atoms with E-state index in [-0.39, 0.29) is 13.2 Å². The fraction of sp³-hybridized carbons (Fsp3) is 0.333. The van der Waals surface area contributed by atoms with Gasteiger partial charge in [-0.3, -0.25) is 22.7 Å². The predicted molar refractivity (Wildman–Crippen MR) is 111 cm³/mol. The first kappa shape index (κ1) is 29.8. The average Bonchev–Trinajstić information content (AvgIpc) is 2.67. The Morgan fingerprint density at radius 3 is 1.17 bits per heavy atom. The van der Waals surface area contributed by atoms with E-state index in [9.17, 15) is 22.8 Å². The Balaban J connectivity index is 5.29. The van der Waals surface area contributed by atoms with Crippen LogP contribution in [-0.4, -0.2) is 26.4 Å². The van der Waals surface area contributed by atoms with Crippen molar-refractivity contribution < 1.29 is 58.2 Å². The van der Waals surface area contributed by atoms with Gasteiger partial charge in [0.25, 0.3) is 0 Å². The lowest BCUT2D eigenvalue weighted by Gasteiger charge is -2.19. The van der Waals surface area contributed by atoms with Crippen molar-refractivity contribution in [1.82, 2.24) is 0 Å². The van der Waals surface area contributed by atoms with Gasteiger partial charge in [0.15, 0.2) is 0 Å². The summed E-state index contributed by atoms with van der Waals surface area (Å²) in [5.41, 5.74) is 0. The normalized spacial score (nSPS) is 18.3. The maximum absolute atomic E-state index is 12.5. The van der Waals surface area contributed by atoms with Crippen LogP contribution in [0.1, 0.15) is 0 Å². The van der Waals surface area contributed by atoms with Crippen LogP contribution in [0.5, 0.6) is 0 Å². The summed E-state index contributed by atoms with van der Waals surface area (Å²) in [4.78, 5) is 0. The summed E-state index contributed by atoms with van der Waals surface area (Å²) < 4.78 is 97.3. The molecule has 0 aromatic rings. The molecule has 0 saturated carbocycles. The molecule has 0 amide bonds. The van der Waals surface area contributed by atoms with E-state index in [1.54, 1.807) is 0 Å². The van der Waals surface area contributed by atoms with E-state index in [2.05, 4.69) is 52.6 Å². The SMILES string of the molecule is C=CCO[PH](=O)OP(=O)(OCC=C)O[PH](=O)OP(=O)(OCC=C)O[PH](=O)OCC=C. The van der Waals surface area contributed by atoms with Crippen LogP contribution in [0.3, 0.4) is 0 Å². The minimum atomic E-state index is -4.81. The smallest absolute Gasteiger partial charge is 0.306 e. The molecule has 4 unspecified atom stereocenters. The van der Waals surface area contributed by atoms with E-state index in [1.807, 2.05) is 0 Å². The zero-order valence-corrected chi connectivity index (χ0v) is 20.5. The molecule has 0 heterocycles. The summed E-state index contributed by atoms with van der Waals surface area (Å²) in [6, 6.07) is 0. The second kappa shape index (κ2) is 16.4. The molecule has 0 aliphatic carbocycles. The van der Waals surface area contributed by atoms with E-state index in [0.29, 0.717) is 0 Å². The number of phosphoric acid groups is 2. The molecule has 0 rings (SSSR count). The highest BCUT2D eigenvalue weighted by Gasteiger charge is 2.38. The molecule has 4 atom stereocenters. The molecule has 18 heteroatoms. The van der Waals surface area contributed by atoms with E-state index >= 15 is 0 Å². The van der Waals surface area contributed by atoms with Gasteiger partial charge in [0.05, 0.1) is 26.4 Å². The van der Waals surface area contributed by atoms with Gasteiger partial charge in [-0.1, -0.05) is 24.3 Å². The maximum atomic E-state index is 12.5.